The number of allylic oxidation sites excluding steroid dienone is 2. The molecule has 18 heavy (non-hydrogen) atoms. The van der Waals surface area contributed by atoms with Gasteiger partial charge in [-0.05, 0) is 25.7 Å². The average Bonchev–Trinajstić information content (AvgIpc) is 2.40. The Morgan fingerprint density at radius 1 is 0.611 bits per heavy atom. The Kier molecular flexibility index (Phi) is 23.1. The fourth-order valence-corrected chi connectivity index (χ4v) is 1.38. The molecule has 0 bridgehead atoms. The highest BCUT2D eigenvalue weighted by Crippen LogP contribution is 2.02. The minimum Gasteiger partial charge on any atom is -0.303 e. The summed E-state index contributed by atoms with van der Waals surface area (Å²) in [5.41, 5.74) is 0. The molecule has 0 aromatic heterocycles. The van der Waals surface area contributed by atoms with E-state index in [4.69, 9.17) is 0 Å². The lowest BCUT2D eigenvalue weighted by Gasteiger charge is -1.93. The van der Waals surface area contributed by atoms with Gasteiger partial charge in [-0.3, -0.25) is 0 Å². The zero-order valence-corrected chi connectivity index (χ0v) is 12.2. The van der Waals surface area contributed by atoms with Gasteiger partial charge < -0.3 is 9.59 Å². The van der Waals surface area contributed by atoms with E-state index >= 15 is 0 Å². The molecule has 106 valence electrons. The Balaban J connectivity index is 0. The Labute approximate surface area is 113 Å². The number of unbranched alkanes of at least 4 members (excludes halogenated alkanes) is 7. The smallest absolute Gasteiger partial charge is 0.119 e. The Morgan fingerprint density at radius 3 is 1.28 bits per heavy atom. The van der Waals surface area contributed by atoms with Gasteiger partial charge in [0.25, 0.3) is 0 Å². The van der Waals surface area contributed by atoms with Crippen molar-refractivity contribution in [1.82, 2.24) is 0 Å². The second kappa shape index (κ2) is 21.4. The summed E-state index contributed by atoms with van der Waals surface area (Å²) in [5, 5.41) is 0. The van der Waals surface area contributed by atoms with Crippen LogP contribution in [0, 0.1) is 0 Å². The van der Waals surface area contributed by atoms with Crippen molar-refractivity contribution < 1.29 is 9.59 Å². The summed E-state index contributed by atoms with van der Waals surface area (Å²) in [6.07, 6.45) is 16.9. The minimum atomic E-state index is 0.668. The molecule has 0 amide bonds. The maximum Gasteiger partial charge on any atom is 0.119 e. The van der Waals surface area contributed by atoms with E-state index < -0.39 is 0 Å². The molecule has 0 heterocycles. The summed E-state index contributed by atoms with van der Waals surface area (Å²) in [7, 11) is 0. The molecule has 0 aliphatic rings. The SMILES string of the molecule is CCCC=CCCC.O=CCCCCCCC=O. The summed E-state index contributed by atoms with van der Waals surface area (Å²) < 4.78 is 0. The van der Waals surface area contributed by atoms with Crippen LogP contribution < -0.4 is 0 Å². The first-order valence-electron chi connectivity index (χ1n) is 7.35. The van der Waals surface area contributed by atoms with Crippen LogP contribution in [0.1, 0.15) is 78.1 Å². The number of aldehydes is 2. The van der Waals surface area contributed by atoms with Crippen LogP contribution in [0.4, 0.5) is 0 Å². The highest BCUT2D eigenvalue weighted by molar-refractivity contribution is 5.49. The van der Waals surface area contributed by atoms with E-state index in [2.05, 4.69) is 26.0 Å². The Bertz CT molecular complexity index is 166. The predicted octanol–water partition coefficient (Wildman–Crippen LogP) is 4.87. The van der Waals surface area contributed by atoms with E-state index in [0.29, 0.717) is 12.8 Å². The molecular formula is C16H30O2. The van der Waals surface area contributed by atoms with Gasteiger partial charge in [0.2, 0.25) is 0 Å². The van der Waals surface area contributed by atoms with Crippen molar-refractivity contribution in [2.24, 2.45) is 0 Å². The standard InChI is InChI=1S/C8H14O2.C8H16/c9-7-5-3-1-2-4-6-8-10;1-3-5-7-8-6-4-2/h7-8H,1-6H2;7-8H,3-6H2,1-2H3. The Hall–Kier alpha value is -0.920. The molecule has 0 atom stereocenters. The van der Waals surface area contributed by atoms with Crippen LogP contribution in [0.2, 0.25) is 0 Å². The van der Waals surface area contributed by atoms with Crippen molar-refractivity contribution in [3.63, 3.8) is 0 Å². The van der Waals surface area contributed by atoms with Crippen molar-refractivity contribution >= 4 is 12.6 Å². The van der Waals surface area contributed by atoms with Crippen LogP contribution in [0.5, 0.6) is 0 Å². The van der Waals surface area contributed by atoms with Crippen LogP contribution in [-0.4, -0.2) is 12.6 Å². The second-order valence-electron chi connectivity index (χ2n) is 4.37. The fraction of sp³-hybridized carbons (Fsp3) is 0.750. The van der Waals surface area contributed by atoms with Crippen LogP contribution in [0.15, 0.2) is 12.2 Å². The Morgan fingerprint density at radius 2 is 1.00 bits per heavy atom. The summed E-state index contributed by atoms with van der Waals surface area (Å²) in [5.74, 6) is 0. The van der Waals surface area contributed by atoms with Gasteiger partial charge in [0, 0.05) is 12.8 Å². The van der Waals surface area contributed by atoms with Gasteiger partial charge in [-0.25, -0.2) is 0 Å². The van der Waals surface area contributed by atoms with Gasteiger partial charge in [0.1, 0.15) is 12.6 Å². The van der Waals surface area contributed by atoms with E-state index in [1.165, 1.54) is 25.7 Å². The zero-order valence-electron chi connectivity index (χ0n) is 12.2. The van der Waals surface area contributed by atoms with E-state index in [1.54, 1.807) is 0 Å². The molecule has 0 saturated carbocycles. The summed E-state index contributed by atoms with van der Waals surface area (Å²) >= 11 is 0. The van der Waals surface area contributed by atoms with Crippen LogP contribution in [-0.2, 0) is 9.59 Å². The van der Waals surface area contributed by atoms with Gasteiger partial charge in [0.15, 0.2) is 0 Å². The third-order valence-corrected chi connectivity index (χ3v) is 2.47. The van der Waals surface area contributed by atoms with Gasteiger partial charge in [-0.1, -0.05) is 51.7 Å². The van der Waals surface area contributed by atoms with E-state index in [0.717, 1.165) is 38.3 Å². The minimum absolute atomic E-state index is 0.668. The van der Waals surface area contributed by atoms with Gasteiger partial charge in [-0.15, -0.1) is 0 Å². The normalized spacial score (nSPS) is 9.89. The molecule has 0 fully saturated rings. The highest BCUT2D eigenvalue weighted by Gasteiger charge is 1.87. The molecule has 0 aromatic rings. The van der Waals surface area contributed by atoms with Crippen molar-refractivity contribution in [3.05, 3.63) is 12.2 Å². The topological polar surface area (TPSA) is 34.1 Å². The molecule has 0 rings (SSSR count). The molecule has 2 heteroatoms. The average molecular weight is 254 g/mol. The molecular weight excluding hydrogens is 224 g/mol. The lowest BCUT2D eigenvalue weighted by molar-refractivity contribution is -0.108. The number of rotatable bonds is 11. The quantitative estimate of drug-likeness (QED) is 0.299. The van der Waals surface area contributed by atoms with E-state index in [9.17, 15) is 9.59 Å². The number of hydrogen-bond acceptors (Lipinski definition) is 2. The molecule has 0 radical (unpaired) electrons. The number of hydrogen-bond donors (Lipinski definition) is 0. The molecule has 2 nitrogen and oxygen atoms in total. The van der Waals surface area contributed by atoms with Crippen molar-refractivity contribution in [2.45, 2.75) is 78.1 Å². The fourth-order valence-electron chi connectivity index (χ4n) is 1.38. The third-order valence-electron chi connectivity index (χ3n) is 2.47. The molecule has 0 saturated heterocycles. The monoisotopic (exact) mass is 254 g/mol. The molecule has 0 unspecified atom stereocenters. The largest absolute Gasteiger partial charge is 0.303 e. The lowest BCUT2D eigenvalue weighted by Crippen LogP contribution is -1.80. The highest BCUT2D eigenvalue weighted by atomic mass is 16.1. The first-order chi connectivity index (χ1) is 8.83. The van der Waals surface area contributed by atoms with Crippen molar-refractivity contribution in [2.75, 3.05) is 0 Å². The van der Waals surface area contributed by atoms with Gasteiger partial charge in [0.05, 0.1) is 0 Å². The number of carbonyl (C=O) groups is 2. The summed E-state index contributed by atoms with van der Waals surface area (Å²) in [4.78, 5) is 19.7. The van der Waals surface area contributed by atoms with Gasteiger partial charge >= 0.3 is 0 Å². The molecule has 0 aromatic carbocycles. The first kappa shape index (κ1) is 19.4. The molecule has 0 N–H and O–H groups in total. The lowest BCUT2D eigenvalue weighted by atomic mass is 10.1. The number of carbonyl (C=O) groups excluding carboxylic acids is 2. The van der Waals surface area contributed by atoms with Gasteiger partial charge in [-0.2, -0.15) is 0 Å². The van der Waals surface area contributed by atoms with Crippen molar-refractivity contribution in [1.29, 1.82) is 0 Å². The summed E-state index contributed by atoms with van der Waals surface area (Å²) in [6, 6.07) is 0. The van der Waals surface area contributed by atoms with Crippen LogP contribution in [0.25, 0.3) is 0 Å². The third kappa shape index (κ3) is 24.4. The summed E-state index contributed by atoms with van der Waals surface area (Å²) in [6.45, 7) is 4.41. The maximum atomic E-state index is 9.84. The molecule has 0 spiro atoms. The van der Waals surface area contributed by atoms with Crippen molar-refractivity contribution in [3.8, 4) is 0 Å². The molecule has 0 aliphatic heterocycles. The molecule has 0 aliphatic carbocycles. The first-order valence-corrected chi connectivity index (χ1v) is 7.35. The predicted molar refractivity (Wildman–Crippen MR) is 78.8 cm³/mol. The van der Waals surface area contributed by atoms with Crippen LogP contribution >= 0.6 is 0 Å². The maximum absolute atomic E-state index is 9.84. The van der Waals surface area contributed by atoms with E-state index in [-0.39, 0.29) is 0 Å². The van der Waals surface area contributed by atoms with Crippen LogP contribution in [0.3, 0.4) is 0 Å². The zero-order chi connectivity index (χ0) is 13.9. The second-order valence-corrected chi connectivity index (χ2v) is 4.37. The van der Waals surface area contributed by atoms with E-state index in [1.807, 2.05) is 0 Å².